The minimum atomic E-state index is -0.628. The summed E-state index contributed by atoms with van der Waals surface area (Å²) in [6.45, 7) is 3.76. The van der Waals surface area contributed by atoms with Crippen LogP contribution in [0.3, 0.4) is 0 Å². The van der Waals surface area contributed by atoms with E-state index < -0.39 is 16.4 Å². The Morgan fingerprint density at radius 3 is 2.46 bits per heavy atom. The molecule has 10 heteroatoms. The van der Waals surface area contributed by atoms with Gasteiger partial charge >= 0.3 is 0 Å². The van der Waals surface area contributed by atoms with Gasteiger partial charge in [0, 0.05) is 29.5 Å². The molecule has 41 heavy (non-hydrogen) atoms. The number of hydrogen-bond acceptors (Lipinski definition) is 7. The molecule has 0 atom stereocenters. The summed E-state index contributed by atoms with van der Waals surface area (Å²) in [5.74, 6) is 0.197. The van der Waals surface area contributed by atoms with Crippen molar-refractivity contribution in [1.29, 1.82) is 5.26 Å². The van der Waals surface area contributed by atoms with Crippen molar-refractivity contribution in [3.05, 3.63) is 131 Å². The summed E-state index contributed by atoms with van der Waals surface area (Å²) in [7, 11) is 0. The van der Waals surface area contributed by atoms with Gasteiger partial charge in [-0.3, -0.25) is 24.3 Å². The molecule has 2 heterocycles. The van der Waals surface area contributed by atoms with Crippen LogP contribution in [0.1, 0.15) is 16.9 Å². The number of carbonyl (C=O) groups excluding carboxylic acids is 1. The standard InChI is InChI=1S/C31H22N4O5S/c1-19-8-9-20(2)26(16-19)33-29(36)25(18-32)31-34(22-6-4-3-5-7-22)30(37)28(41-31)17-24-14-15-27(40-24)21-10-12-23(13-11-21)35(38)39/h3-17H,1-2H3,(H,33,36). The van der Waals surface area contributed by atoms with Crippen molar-refractivity contribution in [2.24, 2.45) is 0 Å². The fourth-order valence-electron chi connectivity index (χ4n) is 4.17. The van der Waals surface area contributed by atoms with Gasteiger partial charge in [-0.15, -0.1) is 11.3 Å². The molecule has 2 aromatic heterocycles. The van der Waals surface area contributed by atoms with Gasteiger partial charge in [-0.2, -0.15) is 5.26 Å². The number of nitro benzene ring substituents is 1. The van der Waals surface area contributed by atoms with Crippen molar-refractivity contribution in [2.75, 3.05) is 5.32 Å². The van der Waals surface area contributed by atoms with Gasteiger partial charge in [-0.1, -0.05) is 30.3 Å². The van der Waals surface area contributed by atoms with Gasteiger partial charge < -0.3 is 9.73 Å². The van der Waals surface area contributed by atoms with Gasteiger partial charge in [0.2, 0.25) is 0 Å². The van der Waals surface area contributed by atoms with Gasteiger partial charge in [0.05, 0.1) is 15.1 Å². The molecule has 3 aromatic carbocycles. The van der Waals surface area contributed by atoms with E-state index >= 15 is 0 Å². The van der Waals surface area contributed by atoms with Gasteiger partial charge in [0.25, 0.3) is 17.2 Å². The Kier molecular flexibility index (Phi) is 7.45. The molecule has 0 saturated heterocycles. The van der Waals surface area contributed by atoms with Crippen LogP contribution in [0.25, 0.3) is 28.7 Å². The predicted molar refractivity (Wildman–Crippen MR) is 157 cm³/mol. The number of aromatic nitrogens is 1. The van der Waals surface area contributed by atoms with Crippen LogP contribution in [0.2, 0.25) is 0 Å². The van der Waals surface area contributed by atoms with Crippen LogP contribution in [0.4, 0.5) is 11.4 Å². The van der Waals surface area contributed by atoms with Crippen LogP contribution >= 0.6 is 11.3 Å². The van der Waals surface area contributed by atoms with Gasteiger partial charge in [0.15, 0.2) is 5.57 Å². The molecule has 9 nitrogen and oxygen atoms in total. The number of amides is 1. The monoisotopic (exact) mass is 562 g/mol. The minimum Gasteiger partial charge on any atom is -0.457 e. The highest BCUT2D eigenvalue weighted by Crippen LogP contribution is 2.25. The average molecular weight is 563 g/mol. The third-order valence-corrected chi connectivity index (χ3v) is 7.39. The van der Waals surface area contributed by atoms with Crippen LogP contribution in [0, 0.1) is 35.3 Å². The van der Waals surface area contributed by atoms with Crippen molar-refractivity contribution in [3.8, 4) is 23.1 Å². The zero-order chi connectivity index (χ0) is 29.1. The molecule has 0 unspecified atom stereocenters. The van der Waals surface area contributed by atoms with Crippen LogP contribution in [0.15, 0.2) is 94.1 Å². The Hall–Kier alpha value is -5.53. The van der Waals surface area contributed by atoms with Gasteiger partial charge in [-0.25, -0.2) is 0 Å². The van der Waals surface area contributed by atoms with E-state index in [2.05, 4.69) is 5.32 Å². The normalized spacial score (nSPS) is 12.1. The zero-order valence-corrected chi connectivity index (χ0v) is 22.8. The van der Waals surface area contributed by atoms with Crippen LogP contribution < -0.4 is 20.1 Å². The zero-order valence-electron chi connectivity index (χ0n) is 22.0. The van der Waals surface area contributed by atoms with E-state index in [0.717, 1.165) is 22.5 Å². The molecule has 0 aliphatic heterocycles. The number of non-ortho nitro benzene ring substituents is 1. The number of nitrogens with zero attached hydrogens (tertiary/aromatic N) is 3. The second-order valence-electron chi connectivity index (χ2n) is 9.16. The number of para-hydroxylation sites is 1. The highest BCUT2D eigenvalue weighted by molar-refractivity contribution is 7.07. The third-order valence-electron chi connectivity index (χ3n) is 6.29. The lowest BCUT2D eigenvalue weighted by molar-refractivity contribution is -0.384. The molecule has 0 fully saturated rings. The molecule has 0 aliphatic rings. The molecule has 5 aromatic rings. The fourth-order valence-corrected chi connectivity index (χ4v) is 5.26. The molecular weight excluding hydrogens is 540 g/mol. The SMILES string of the molecule is Cc1ccc(C)c(NC(=O)C(C#N)=c2sc(=Cc3ccc(-c4ccc([N+](=O)[O-])cc4)o3)c(=O)n2-c2ccccc2)c1. The van der Waals surface area contributed by atoms with Crippen LogP contribution in [-0.4, -0.2) is 15.4 Å². The summed E-state index contributed by atoms with van der Waals surface area (Å²) in [6, 6.07) is 25.7. The van der Waals surface area contributed by atoms with Crippen molar-refractivity contribution in [3.63, 3.8) is 0 Å². The lowest BCUT2D eigenvalue weighted by Gasteiger charge is -2.09. The van der Waals surface area contributed by atoms with E-state index in [0.29, 0.717) is 28.5 Å². The number of thiazole rings is 1. The van der Waals surface area contributed by atoms with Crippen molar-refractivity contribution >= 4 is 40.3 Å². The third kappa shape index (κ3) is 5.61. The van der Waals surface area contributed by atoms with E-state index in [1.165, 1.54) is 16.7 Å². The molecule has 0 bridgehead atoms. The van der Waals surface area contributed by atoms with Crippen LogP contribution in [-0.2, 0) is 4.79 Å². The number of hydrogen-bond donors (Lipinski definition) is 1. The molecule has 5 rings (SSSR count). The van der Waals surface area contributed by atoms with E-state index in [4.69, 9.17) is 4.42 Å². The summed E-state index contributed by atoms with van der Waals surface area (Å²) in [4.78, 5) is 37.5. The number of rotatable bonds is 6. The fraction of sp³-hybridized carbons (Fsp3) is 0.0645. The first kappa shape index (κ1) is 27.1. The summed E-state index contributed by atoms with van der Waals surface area (Å²) < 4.78 is 7.68. The van der Waals surface area contributed by atoms with E-state index in [1.54, 1.807) is 60.7 Å². The molecule has 1 amide bonds. The minimum absolute atomic E-state index is 0.0363. The van der Waals surface area contributed by atoms with E-state index in [1.807, 2.05) is 38.1 Å². The Labute approximate surface area is 237 Å². The number of nitro groups is 1. The summed E-state index contributed by atoms with van der Waals surface area (Å²) >= 11 is 1.00. The van der Waals surface area contributed by atoms with Gasteiger partial charge in [-0.05, 0) is 67.4 Å². The Balaban J connectivity index is 1.63. The first-order valence-corrected chi connectivity index (χ1v) is 13.2. The van der Waals surface area contributed by atoms with Crippen molar-refractivity contribution in [2.45, 2.75) is 13.8 Å². The second-order valence-corrected chi connectivity index (χ2v) is 10.2. The Bertz CT molecular complexity index is 2010. The molecule has 1 N–H and O–H groups in total. The Morgan fingerprint density at radius 1 is 1.05 bits per heavy atom. The van der Waals surface area contributed by atoms with Crippen molar-refractivity contribution in [1.82, 2.24) is 4.57 Å². The molecule has 0 radical (unpaired) electrons. The second kappa shape index (κ2) is 11.3. The van der Waals surface area contributed by atoms with E-state index in [-0.39, 0.29) is 20.5 Å². The highest BCUT2D eigenvalue weighted by Gasteiger charge is 2.18. The molecule has 202 valence electrons. The smallest absolute Gasteiger partial charge is 0.273 e. The summed E-state index contributed by atoms with van der Waals surface area (Å²) in [5, 5.41) is 23.8. The maximum absolute atomic E-state index is 13.7. The highest BCUT2D eigenvalue weighted by atomic mass is 32.1. The number of carbonyl (C=O) groups is 1. The van der Waals surface area contributed by atoms with Crippen LogP contribution in [0.5, 0.6) is 0 Å². The first-order valence-electron chi connectivity index (χ1n) is 12.4. The topological polar surface area (TPSA) is 131 Å². The maximum atomic E-state index is 13.7. The molecule has 0 aliphatic carbocycles. The first-order chi connectivity index (χ1) is 19.7. The maximum Gasteiger partial charge on any atom is 0.273 e. The number of aryl methyl sites for hydroxylation is 2. The number of furan rings is 1. The lowest BCUT2D eigenvalue weighted by atomic mass is 10.1. The predicted octanol–water partition coefficient (Wildman–Crippen LogP) is 4.83. The number of nitriles is 1. The lowest BCUT2D eigenvalue weighted by Crippen LogP contribution is -2.32. The molecular formula is C31H22N4O5S. The number of benzene rings is 3. The summed E-state index contributed by atoms with van der Waals surface area (Å²) in [6.07, 6.45) is 1.54. The summed E-state index contributed by atoms with van der Waals surface area (Å²) in [5.41, 5.74) is 2.83. The molecule has 0 saturated carbocycles. The molecule has 0 spiro atoms. The van der Waals surface area contributed by atoms with Gasteiger partial charge in [0.1, 0.15) is 22.3 Å². The Morgan fingerprint density at radius 2 is 1.78 bits per heavy atom. The van der Waals surface area contributed by atoms with E-state index in [9.17, 15) is 25.0 Å². The number of nitrogens with one attached hydrogen (secondary N) is 1. The van der Waals surface area contributed by atoms with Crippen molar-refractivity contribution < 1.29 is 14.1 Å². The average Bonchev–Trinajstić information content (AvgIpc) is 3.56. The number of anilines is 1. The quantitative estimate of drug-likeness (QED) is 0.233. The largest absolute Gasteiger partial charge is 0.457 e.